The van der Waals surface area contributed by atoms with E-state index in [9.17, 15) is 4.79 Å². The molecule has 76 valence electrons. The number of amides is 1. The van der Waals surface area contributed by atoms with E-state index in [4.69, 9.17) is 17.3 Å². The third-order valence-electron chi connectivity index (χ3n) is 2.15. The van der Waals surface area contributed by atoms with E-state index in [1.165, 1.54) is 0 Å². The van der Waals surface area contributed by atoms with E-state index < -0.39 is 0 Å². The summed E-state index contributed by atoms with van der Waals surface area (Å²) in [5.41, 5.74) is 5.83. The Hall–Kier alpha value is -1.61. The van der Waals surface area contributed by atoms with E-state index in [1.807, 2.05) is 18.2 Å². The van der Waals surface area contributed by atoms with Gasteiger partial charge >= 0.3 is 0 Å². The van der Waals surface area contributed by atoms with E-state index in [2.05, 4.69) is 4.98 Å². The molecule has 0 spiro atoms. The molecule has 1 amide bonds. The lowest BCUT2D eigenvalue weighted by Crippen LogP contribution is -2.14. The van der Waals surface area contributed by atoms with E-state index in [1.54, 1.807) is 12.3 Å². The first-order valence-electron chi connectivity index (χ1n) is 4.48. The molecule has 1 aromatic heterocycles. The van der Waals surface area contributed by atoms with Gasteiger partial charge in [-0.3, -0.25) is 9.78 Å². The van der Waals surface area contributed by atoms with Crippen LogP contribution in [-0.2, 0) is 11.2 Å². The second kappa shape index (κ2) is 3.87. The molecule has 0 atom stereocenters. The summed E-state index contributed by atoms with van der Waals surface area (Å²) in [6.07, 6.45) is 1.80. The highest BCUT2D eigenvalue weighted by atomic mass is 35.5. The van der Waals surface area contributed by atoms with Crippen molar-refractivity contribution in [3.63, 3.8) is 0 Å². The highest BCUT2D eigenvalue weighted by Crippen LogP contribution is 2.21. The molecule has 0 fully saturated rings. The molecule has 0 saturated carbocycles. The molecule has 0 aliphatic heterocycles. The fraction of sp³-hybridized carbons (Fsp3) is 0.0909. The minimum absolute atomic E-state index is 0.152. The van der Waals surface area contributed by atoms with Crippen molar-refractivity contribution in [2.24, 2.45) is 5.73 Å². The van der Waals surface area contributed by atoms with Crippen molar-refractivity contribution >= 4 is 28.3 Å². The number of aromatic nitrogens is 1. The Morgan fingerprint density at radius 2 is 2.20 bits per heavy atom. The van der Waals surface area contributed by atoms with E-state index >= 15 is 0 Å². The first-order valence-corrected chi connectivity index (χ1v) is 4.86. The molecule has 2 rings (SSSR count). The number of carbonyl (C=O) groups excluding carboxylic acids is 1. The lowest BCUT2D eigenvalue weighted by atomic mass is 10.1. The minimum Gasteiger partial charge on any atom is -0.369 e. The minimum atomic E-state index is -0.384. The molecule has 4 heteroatoms. The zero-order chi connectivity index (χ0) is 10.8. The molecule has 3 nitrogen and oxygen atoms in total. The van der Waals surface area contributed by atoms with Crippen LogP contribution >= 0.6 is 11.6 Å². The highest BCUT2D eigenvalue weighted by molar-refractivity contribution is 6.31. The summed E-state index contributed by atoms with van der Waals surface area (Å²) in [5.74, 6) is -0.384. The topological polar surface area (TPSA) is 56.0 Å². The first-order chi connectivity index (χ1) is 7.16. The Morgan fingerprint density at radius 3 is 2.93 bits per heavy atom. The maximum absolute atomic E-state index is 10.8. The second-order valence-electron chi connectivity index (χ2n) is 3.27. The summed E-state index contributed by atoms with van der Waals surface area (Å²) < 4.78 is 0. The van der Waals surface area contributed by atoms with Crippen LogP contribution in [0.2, 0.25) is 5.02 Å². The van der Waals surface area contributed by atoms with Crippen molar-refractivity contribution in [2.75, 3.05) is 0 Å². The molecule has 0 saturated heterocycles. The third kappa shape index (κ3) is 2.07. The number of hydrogen-bond acceptors (Lipinski definition) is 2. The number of primary amides is 1. The van der Waals surface area contributed by atoms with Crippen molar-refractivity contribution in [1.82, 2.24) is 4.98 Å². The van der Waals surface area contributed by atoms with Crippen molar-refractivity contribution in [1.29, 1.82) is 0 Å². The summed E-state index contributed by atoms with van der Waals surface area (Å²) in [7, 11) is 0. The van der Waals surface area contributed by atoms with Crippen molar-refractivity contribution in [3.8, 4) is 0 Å². The lowest BCUT2D eigenvalue weighted by Gasteiger charge is -2.03. The third-order valence-corrected chi connectivity index (χ3v) is 2.39. The lowest BCUT2D eigenvalue weighted by molar-refractivity contribution is -0.117. The molecular formula is C11H9ClN2O. The second-order valence-corrected chi connectivity index (χ2v) is 3.70. The Bertz CT molecular complexity index is 525. The monoisotopic (exact) mass is 220 g/mol. The number of halogens is 1. The standard InChI is InChI=1S/C11H9ClN2O/c12-8-1-2-9-7(5-8)3-4-14-10(9)6-11(13)15/h1-5H,6H2,(H2,13,15). The smallest absolute Gasteiger partial charge is 0.223 e. The molecule has 2 N–H and O–H groups in total. The van der Waals surface area contributed by atoms with Crippen LogP contribution in [0.1, 0.15) is 5.69 Å². The predicted molar refractivity (Wildman–Crippen MR) is 59.7 cm³/mol. The van der Waals surface area contributed by atoms with Gasteiger partial charge in [0.15, 0.2) is 0 Å². The molecule has 15 heavy (non-hydrogen) atoms. The number of pyridine rings is 1. The van der Waals surface area contributed by atoms with Crippen molar-refractivity contribution in [3.05, 3.63) is 41.2 Å². The van der Waals surface area contributed by atoms with Gasteiger partial charge in [0.1, 0.15) is 0 Å². The Labute approximate surface area is 91.9 Å². The average Bonchev–Trinajstić information content (AvgIpc) is 2.16. The van der Waals surface area contributed by atoms with Gasteiger partial charge in [0, 0.05) is 16.6 Å². The quantitative estimate of drug-likeness (QED) is 0.841. The first kappa shape index (κ1) is 9.93. The average molecular weight is 221 g/mol. The number of nitrogens with two attached hydrogens (primary N) is 1. The summed E-state index contributed by atoms with van der Waals surface area (Å²) in [6, 6.07) is 7.31. The molecule has 1 aromatic carbocycles. The molecular weight excluding hydrogens is 212 g/mol. The van der Waals surface area contributed by atoms with Crippen LogP contribution in [0.25, 0.3) is 10.8 Å². The number of carbonyl (C=O) groups is 1. The summed E-state index contributed by atoms with van der Waals surface area (Å²) in [6.45, 7) is 0. The molecule has 1 heterocycles. The van der Waals surface area contributed by atoms with Gasteiger partial charge in [-0.05, 0) is 23.6 Å². The number of rotatable bonds is 2. The molecule has 0 radical (unpaired) electrons. The van der Waals surface area contributed by atoms with Crippen molar-refractivity contribution < 1.29 is 4.79 Å². The van der Waals surface area contributed by atoms with Gasteiger partial charge < -0.3 is 5.73 Å². The fourth-order valence-corrected chi connectivity index (χ4v) is 1.70. The number of fused-ring (bicyclic) bond motifs is 1. The van der Waals surface area contributed by atoms with Crippen molar-refractivity contribution in [2.45, 2.75) is 6.42 Å². The predicted octanol–water partition coefficient (Wildman–Crippen LogP) is 1.92. The number of hydrogen-bond donors (Lipinski definition) is 1. The molecule has 0 unspecified atom stereocenters. The normalized spacial score (nSPS) is 10.5. The maximum atomic E-state index is 10.8. The van der Waals surface area contributed by atoms with Crippen LogP contribution in [0.3, 0.4) is 0 Å². The SMILES string of the molecule is NC(=O)Cc1nccc2cc(Cl)ccc12. The zero-order valence-corrected chi connectivity index (χ0v) is 8.66. The van der Waals surface area contributed by atoms with Crippen LogP contribution in [0.4, 0.5) is 0 Å². The number of nitrogens with zero attached hydrogens (tertiary/aromatic N) is 1. The van der Waals surface area contributed by atoms with Gasteiger partial charge in [-0.2, -0.15) is 0 Å². The largest absolute Gasteiger partial charge is 0.369 e. The van der Waals surface area contributed by atoms with E-state index in [-0.39, 0.29) is 12.3 Å². The van der Waals surface area contributed by atoms with E-state index in [0.717, 1.165) is 10.8 Å². The zero-order valence-electron chi connectivity index (χ0n) is 7.90. The summed E-state index contributed by atoms with van der Waals surface area (Å²) >= 11 is 5.86. The van der Waals surface area contributed by atoms with Gasteiger partial charge in [0.2, 0.25) is 5.91 Å². The van der Waals surface area contributed by atoms with Gasteiger partial charge in [0.05, 0.1) is 12.1 Å². The Morgan fingerprint density at radius 1 is 1.40 bits per heavy atom. The van der Waals surface area contributed by atoms with Crippen LogP contribution < -0.4 is 5.73 Å². The van der Waals surface area contributed by atoms with Crippen LogP contribution in [0, 0.1) is 0 Å². The van der Waals surface area contributed by atoms with Gasteiger partial charge in [0.25, 0.3) is 0 Å². The molecule has 0 aliphatic rings. The molecule has 2 aromatic rings. The Balaban J connectivity index is 2.60. The highest BCUT2D eigenvalue weighted by Gasteiger charge is 2.05. The molecule has 0 aliphatic carbocycles. The number of benzene rings is 1. The Kier molecular flexibility index (Phi) is 2.56. The maximum Gasteiger partial charge on any atom is 0.223 e. The van der Waals surface area contributed by atoms with Gasteiger partial charge in [-0.1, -0.05) is 17.7 Å². The fourth-order valence-electron chi connectivity index (χ4n) is 1.52. The van der Waals surface area contributed by atoms with E-state index in [0.29, 0.717) is 10.7 Å². The summed E-state index contributed by atoms with van der Waals surface area (Å²) in [5, 5.41) is 2.55. The molecule has 0 bridgehead atoms. The van der Waals surface area contributed by atoms with Crippen LogP contribution in [0.15, 0.2) is 30.5 Å². The van der Waals surface area contributed by atoms with Gasteiger partial charge in [-0.25, -0.2) is 0 Å². The van der Waals surface area contributed by atoms with Gasteiger partial charge in [-0.15, -0.1) is 0 Å². The van der Waals surface area contributed by atoms with Crippen LogP contribution in [-0.4, -0.2) is 10.9 Å². The summed E-state index contributed by atoms with van der Waals surface area (Å²) in [4.78, 5) is 15.0. The van der Waals surface area contributed by atoms with Crippen LogP contribution in [0.5, 0.6) is 0 Å².